The fourth-order valence-electron chi connectivity index (χ4n) is 1.84. The van der Waals surface area contributed by atoms with Crippen LogP contribution in [0.2, 0.25) is 0 Å². The van der Waals surface area contributed by atoms with Crippen LogP contribution in [-0.2, 0) is 3.42 Å². The Labute approximate surface area is 88.8 Å². The first-order valence-electron chi connectivity index (χ1n) is 4.31. The van der Waals surface area contributed by atoms with Crippen LogP contribution in [0.3, 0.4) is 0 Å². The van der Waals surface area contributed by atoms with E-state index in [2.05, 4.69) is 17.9 Å². The molecule has 1 atom stereocenters. The van der Waals surface area contributed by atoms with Crippen LogP contribution in [0.15, 0.2) is 24.3 Å². The zero-order valence-electron chi connectivity index (χ0n) is 7.80. The molecule has 0 aromatic heterocycles. The van der Waals surface area contributed by atoms with Gasteiger partial charge in [0.25, 0.3) is 0 Å². The third kappa shape index (κ3) is 1.31. The van der Waals surface area contributed by atoms with Crippen molar-refractivity contribution >= 4 is 5.78 Å². The van der Waals surface area contributed by atoms with E-state index in [-0.39, 0.29) is 24.6 Å². The van der Waals surface area contributed by atoms with Crippen molar-refractivity contribution in [1.29, 1.82) is 0 Å². The van der Waals surface area contributed by atoms with Crippen molar-refractivity contribution in [2.75, 3.05) is 4.93 Å². The maximum atomic E-state index is 11.7. The molecule has 0 amide bonds. The second kappa shape index (κ2) is 3.08. The Hall–Kier alpha value is -0.380. The van der Waals surface area contributed by atoms with Gasteiger partial charge in [-0.05, 0) is 0 Å². The maximum absolute atomic E-state index is 11.7. The number of ketones is 1. The first-order valence-corrected chi connectivity index (χ1v) is 7.54. The average Bonchev–Trinajstić information content (AvgIpc) is 2.42. The van der Waals surface area contributed by atoms with Gasteiger partial charge in [-0.2, -0.15) is 0 Å². The van der Waals surface area contributed by atoms with Gasteiger partial charge in [0.1, 0.15) is 0 Å². The SMILES string of the molecule is C[I-]C1(C)CC(=O)c2ccccc21. The van der Waals surface area contributed by atoms with Gasteiger partial charge in [0.2, 0.25) is 0 Å². The number of Topliss-reactive ketones (excluding diaryl/α,β-unsaturated/α-hetero) is 1. The molecule has 0 N–H and O–H groups in total. The van der Waals surface area contributed by atoms with Crippen LogP contribution in [0, 0.1) is 0 Å². The van der Waals surface area contributed by atoms with E-state index in [1.54, 1.807) is 0 Å². The van der Waals surface area contributed by atoms with Crippen molar-refractivity contribution < 1.29 is 26.0 Å². The number of carbonyl (C=O) groups excluding carboxylic acids is 1. The molecule has 1 aromatic rings. The number of alkyl halides is 2. The summed E-state index contributed by atoms with van der Waals surface area (Å²) in [4.78, 5) is 13.9. The van der Waals surface area contributed by atoms with Crippen LogP contribution in [0.25, 0.3) is 0 Å². The van der Waals surface area contributed by atoms with Crippen LogP contribution in [0.4, 0.5) is 0 Å². The van der Waals surface area contributed by atoms with Gasteiger partial charge in [0.15, 0.2) is 0 Å². The van der Waals surface area contributed by atoms with Gasteiger partial charge in [-0.25, -0.2) is 0 Å². The van der Waals surface area contributed by atoms with Crippen molar-refractivity contribution in [3.05, 3.63) is 35.4 Å². The molecular weight excluding hydrogens is 275 g/mol. The molecule has 0 bridgehead atoms. The van der Waals surface area contributed by atoms with Crippen LogP contribution in [0.5, 0.6) is 0 Å². The molecule has 1 aliphatic rings. The van der Waals surface area contributed by atoms with Gasteiger partial charge in [-0.15, -0.1) is 0 Å². The Balaban J connectivity index is 2.59. The van der Waals surface area contributed by atoms with E-state index in [1.165, 1.54) is 5.56 Å². The van der Waals surface area contributed by atoms with Crippen molar-refractivity contribution in [2.45, 2.75) is 16.8 Å². The molecule has 13 heavy (non-hydrogen) atoms. The van der Waals surface area contributed by atoms with Crippen LogP contribution in [0.1, 0.15) is 29.3 Å². The second-order valence-electron chi connectivity index (χ2n) is 3.53. The average molecular weight is 287 g/mol. The van der Waals surface area contributed by atoms with Crippen molar-refractivity contribution in [1.82, 2.24) is 0 Å². The first-order chi connectivity index (χ1) is 6.17. The summed E-state index contributed by atoms with van der Waals surface area (Å²) < 4.78 is 0.201. The molecule has 2 rings (SSSR count). The number of carbonyl (C=O) groups is 1. The molecule has 1 aliphatic carbocycles. The van der Waals surface area contributed by atoms with E-state index < -0.39 is 0 Å². The Morgan fingerprint density at radius 3 is 2.77 bits per heavy atom. The molecule has 1 unspecified atom stereocenters. The molecule has 0 spiro atoms. The number of benzene rings is 1. The van der Waals surface area contributed by atoms with Crippen molar-refractivity contribution in [3.8, 4) is 0 Å². The van der Waals surface area contributed by atoms with E-state index in [9.17, 15) is 4.79 Å². The zero-order chi connectivity index (χ0) is 9.47. The Kier molecular flexibility index (Phi) is 2.18. The third-order valence-corrected chi connectivity index (χ3v) is 6.04. The summed E-state index contributed by atoms with van der Waals surface area (Å²) in [6.45, 7) is 2.23. The Morgan fingerprint density at radius 1 is 1.38 bits per heavy atom. The Bertz CT molecular complexity index is 359. The summed E-state index contributed by atoms with van der Waals surface area (Å²) in [7, 11) is 0. The number of hydrogen-bond acceptors (Lipinski definition) is 1. The molecule has 1 nitrogen and oxygen atoms in total. The number of rotatable bonds is 1. The summed E-state index contributed by atoms with van der Waals surface area (Å²) >= 11 is 0.0833. The normalized spacial score (nSPS) is 26.5. The molecular formula is C11H12IO-. The molecule has 0 fully saturated rings. The predicted octanol–water partition coefficient (Wildman–Crippen LogP) is -0.793. The van der Waals surface area contributed by atoms with E-state index in [0.717, 1.165) is 12.0 Å². The summed E-state index contributed by atoms with van der Waals surface area (Å²) in [6, 6.07) is 8.07. The van der Waals surface area contributed by atoms with Crippen LogP contribution in [-0.4, -0.2) is 10.7 Å². The monoisotopic (exact) mass is 287 g/mol. The molecule has 70 valence electrons. The quantitative estimate of drug-likeness (QED) is 0.488. The van der Waals surface area contributed by atoms with Gasteiger partial charge in [-0.3, -0.25) is 0 Å². The molecule has 2 heteroatoms. The van der Waals surface area contributed by atoms with Crippen molar-refractivity contribution in [3.63, 3.8) is 0 Å². The fourth-order valence-corrected chi connectivity index (χ4v) is 3.62. The fraction of sp³-hybridized carbons (Fsp3) is 0.364. The molecule has 0 saturated heterocycles. The minimum absolute atomic E-state index is 0.0833. The van der Waals surface area contributed by atoms with Gasteiger partial charge in [0, 0.05) is 0 Å². The van der Waals surface area contributed by atoms with Gasteiger partial charge >= 0.3 is 88.9 Å². The molecule has 1 aromatic carbocycles. The topological polar surface area (TPSA) is 17.1 Å². The van der Waals surface area contributed by atoms with E-state index >= 15 is 0 Å². The molecule has 0 saturated carbocycles. The van der Waals surface area contributed by atoms with E-state index in [4.69, 9.17) is 0 Å². The first kappa shape index (κ1) is 9.19. The van der Waals surface area contributed by atoms with Crippen LogP contribution < -0.4 is 21.2 Å². The van der Waals surface area contributed by atoms with E-state index in [0.29, 0.717) is 5.78 Å². The molecule has 0 heterocycles. The van der Waals surface area contributed by atoms with Gasteiger partial charge < -0.3 is 0 Å². The predicted molar refractivity (Wildman–Crippen MR) is 48.7 cm³/mol. The van der Waals surface area contributed by atoms with Crippen molar-refractivity contribution in [2.24, 2.45) is 0 Å². The number of fused-ring (bicyclic) bond motifs is 1. The minimum atomic E-state index is 0.0833. The number of hydrogen-bond donors (Lipinski definition) is 0. The van der Waals surface area contributed by atoms with Gasteiger partial charge in [0.05, 0.1) is 0 Å². The van der Waals surface area contributed by atoms with Gasteiger partial charge in [-0.1, -0.05) is 0 Å². The molecule has 0 radical (unpaired) electrons. The second-order valence-corrected chi connectivity index (χ2v) is 6.99. The zero-order valence-corrected chi connectivity index (χ0v) is 9.96. The third-order valence-electron chi connectivity index (χ3n) is 2.70. The standard InChI is InChI=1S/C11H12IO/c1-11(12-2)7-10(13)8-5-3-4-6-9(8)11/h3-6H,7H2,1-2H3/q-1. The number of halogens is 1. The summed E-state index contributed by atoms with van der Waals surface area (Å²) in [6.07, 6.45) is 0.732. The summed E-state index contributed by atoms with van der Waals surface area (Å²) in [5.74, 6) is 0.333. The summed E-state index contributed by atoms with van der Waals surface area (Å²) in [5.41, 5.74) is 2.25. The Morgan fingerprint density at radius 2 is 2.08 bits per heavy atom. The molecule has 0 aliphatic heterocycles. The van der Waals surface area contributed by atoms with E-state index in [1.807, 2.05) is 18.2 Å². The summed E-state index contributed by atoms with van der Waals surface area (Å²) in [5, 5.41) is 0. The van der Waals surface area contributed by atoms with Crippen LogP contribution >= 0.6 is 0 Å².